The van der Waals surface area contributed by atoms with Gasteiger partial charge in [0, 0.05) is 24.4 Å². The normalized spacial score (nSPS) is 11.2. The Bertz CT molecular complexity index is 642. The second-order valence-corrected chi connectivity index (χ2v) is 3.98. The lowest BCUT2D eigenvalue weighted by atomic mass is 10.2. The zero-order valence-corrected chi connectivity index (χ0v) is 10.8. The van der Waals surface area contributed by atoms with Crippen molar-refractivity contribution >= 4 is 11.7 Å². The molecule has 0 aliphatic carbocycles. The van der Waals surface area contributed by atoms with Gasteiger partial charge in [-0.15, -0.1) is 0 Å². The smallest absolute Gasteiger partial charge is 0.309 e. The fraction of sp³-hybridized carbons (Fsp3) is 0.250. The lowest BCUT2D eigenvalue weighted by Crippen LogP contribution is -2.12. The first kappa shape index (κ1) is 14.8. The number of rotatable bonds is 3. The molecular formula is C12H10F3N5O. The van der Waals surface area contributed by atoms with Gasteiger partial charge in [0.1, 0.15) is 0 Å². The van der Waals surface area contributed by atoms with Crippen LogP contribution in [0.15, 0.2) is 24.8 Å². The maximum atomic E-state index is 12.4. The van der Waals surface area contributed by atoms with E-state index in [0.717, 1.165) is 12.4 Å². The summed E-state index contributed by atoms with van der Waals surface area (Å²) in [7, 11) is 0. The highest BCUT2D eigenvalue weighted by molar-refractivity contribution is 5.89. The quantitative estimate of drug-likeness (QED) is 0.940. The van der Waals surface area contributed by atoms with E-state index in [2.05, 4.69) is 25.3 Å². The Morgan fingerprint density at radius 1 is 1.19 bits per heavy atom. The molecule has 0 fully saturated rings. The van der Waals surface area contributed by atoms with Crippen molar-refractivity contribution in [1.29, 1.82) is 0 Å². The maximum Gasteiger partial charge on any atom is 0.451 e. The summed E-state index contributed by atoms with van der Waals surface area (Å²) in [4.78, 5) is 25.7. The van der Waals surface area contributed by atoms with Crippen LogP contribution >= 0.6 is 0 Å². The lowest BCUT2D eigenvalue weighted by Gasteiger charge is -2.06. The molecule has 2 aromatic heterocycles. The third-order valence-electron chi connectivity index (χ3n) is 2.42. The van der Waals surface area contributed by atoms with E-state index >= 15 is 0 Å². The predicted octanol–water partition coefficient (Wildman–Crippen LogP) is 2.30. The van der Waals surface area contributed by atoms with Gasteiger partial charge in [-0.3, -0.25) is 9.78 Å². The molecule has 2 heterocycles. The minimum absolute atomic E-state index is 0.208. The van der Waals surface area contributed by atoms with Crippen LogP contribution < -0.4 is 5.32 Å². The molecule has 9 heteroatoms. The topological polar surface area (TPSA) is 80.7 Å². The molecule has 0 radical (unpaired) electrons. The summed E-state index contributed by atoms with van der Waals surface area (Å²) in [5, 5.41) is 2.50. The summed E-state index contributed by atoms with van der Waals surface area (Å²) in [6.07, 6.45) is 0.364. The maximum absolute atomic E-state index is 12.4. The van der Waals surface area contributed by atoms with Crippen LogP contribution in [0, 0.1) is 0 Å². The lowest BCUT2D eigenvalue weighted by molar-refractivity contribution is -0.145. The number of hydrogen-bond acceptors (Lipinski definition) is 5. The van der Waals surface area contributed by atoms with Crippen molar-refractivity contribution in [3.05, 3.63) is 30.6 Å². The van der Waals surface area contributed by atoms with Gasteiger partial charge in [-0.25, -0.2) is 15.0 Å². The van der Waals surface area contributed by atoms with Crippen molar-refractivity contribution in [2.75, 3.05) is 5.32 Å². The van der Waals surface area contributed by atoms with Crippen molar-refractivity contribution in [2.45, 2.75) is 19.5 Å². The molecule has 2 aromatic rings. The molecule has 21 heavy (non-hydrogen) atoms. The number of alkyl halides is 3. The number of nitrogens with one attached hydrogen (secondary N) is 1. The molecule has 0 aliphatic heterocycles. The third kappa shape index (κ3) is 3.71. The van der Waals surface area contributed by atoms with Crippen molar-refractivity contribution in [3.63, 3.8) is 0 Å². The Labute approximate surface area is 117 Å². The van der Waals surface area contributed by atoms with E-state index in [1.807, 2.05) is 0 Å². The summed E-state index contributed by atoms with van der Waals surface area (Å²) in [6, 6.07) is 0. The van der Waals surface area contributed by atoms with Crippen LogP contribution in [0.4, 0.5) is 19.0 Å². The zero-order chi connectivity index (χ0) is 15.5. The molecule has 0 aliphatic rings. The first-order valence-corrected chi connectivity index (χ1v) is 5.91. The van der Waals surface area contributed by atoms with Gasteiger partial charge < -0.3 is 5.32 Å². The van der Waals surface area contributed by atoms with Crippen LogP contribution in [0.25, 0.3) is 11.3 Å². The van der Waals surface area contributed by atoms with Crippen molar-refractivity contribution in [3.8, 4) is 11.3 Å². The SMILES string of the molecule is CCC(=O)Nc1cncc(-c2cnc(C(F)(F)F)nc2)n1. The summed E-state index contributed by atoms with van der Waals surface area (Å²) in [5.41, 5.74) is 0.528. The molecular weight excluding hydrogens is 287 g/mol. The Morgan fingerprint density at radius 2 is 1.86 bits per heavy atom. The number of amides is 1. The molecule has 110 valence electrons. The molecule has 0 saturated carbocycles. The molecule has 1 amide bonds. The van der Waals surface area contributed by atoms with Crippen molar-refractivity contribution in [1.82, 2.24) is 19.9 Å². The van der Waals surface area contributed by atoms with E-state index in [9.17, 15) is 18.0 Å². The van der Waals surface area contributed by atoms with E-state index < -0.39 is 12.0 Å². The highest BCUT2D eigenvalue weighted by atomic mass is 19.4. The van der Waals surface area contributed by atoms with E-state index in [-0.39, 0.29) is 29.4 Å². The largest absolute Gasteiger partial charge is 0.451 e. The molecule has 0 bridgehead atoms. The van der Waals surface area contributed by atoms with Crippen LogP contribution in [0.3, 0.4) is 0 Å². The number of halogens is 3. The first-order valence-electron chi connectivity index (χ1n) is 5.91. The monoisotopic (exact) mass is 297 g/mol. The van der Waals surface area contributed by atoms with E-state index in [1.165, 1.54) is 12.4 Å². The van der Waals surface area contributed by atoms with E-state index in [4.69, 9.17) is 0 Å². The fourth-order valence-corrected chi connectivity index (χ4v) is 1.40. The second kappa shape index (κ2) is 5.81. The summed E-state index contributed by atoms with van der Waals surface area (Å²) in [6.45, 7) is 1.68. The molecule has 0 atom stereocenters. The van der Waals surface area contributed by atoms with Crippen molar-refractivity contribution < 1.29 is 18.0 Å². The van der Waals surface area contributed by atoms with E-state index in [1.54, 1.807) is 6.92 Å². The van der Waals surface area contributed by atoms with Gasteiger partial charge in [0.05, 0.1) is 18.1 Å². The molecule has 2 rings (SSSR count). The Morgan fingerprint density at radius 3 is 2.43 bits per heavy atom. The van der Waals surface area contributed by atoms with Crippen LogP contribution in [0.1, 0.15) is 19.2 Å². The van der Waals surface area contributed by atoms with Gasteiger partial charge in [0.25, 0.3) is 0 Å². The highest BCUT2D eigenvalue weighted by Crippen LogP contribution is 2.26. The second-order valence-electron chi connectivity index (χ2n) is 3.98. The van der Waals surface area contributed by atoms with Crippen LogP contribution in [-0.2, 0) is 11.0 Å². The number of anilines is 1. The van der Waals surface area contributed by atoms with Gasteiger partial charge >= 0.3 is 6.18 Å². The molecule has 1 N–H and O–H groups in total. The number of aromatic nitrogens is 4. The van der Waals surface area contributed by atoms with Crippen LogP contribution in [0.5, 0.6) is 0 Å². The highest BCUT2D eigenvalue weighted by Gasteiger charge is 2.34. The predicted molar refractivity (Wildman–Crippen MR) is 67.0 cm³/mol. The van der Waals surface area contributed by atoms with Gasteiger partial charge in [0.2, 0.25) is 11.7 Å². The van der Waals surface area contributed by atoms with Crippen LogP contribution in [-0.4, -0.2) is 25.8 Å². The van der Waals surface area contributed by atoms with Gasteiger partial charge in [0.15, 0.2) is 5.82 Å². The third-order valence-corrected chi connectivity index (χ3v) is 2.42. The van der Waals surface area contributed by atoms with E-state index in [0.29, 0.717) is 0 Å². The Balaban J connectivity index is 2.26. The number of hydrogen-bond donors (Lipinski definition) is 1. The molecule has 0 unspecified atom stereocenters. The van der Waals surface area contributed by atoms with Gasteiger partial charge in [-0.05, 0) is 0 Å². The Hall–Kier alpha value is -2.58. The van der Waals surface area contributed by atoms with Crippen molar-refractivity contribution in [2.24, 2.45) is 0 Å². The molecule has 0 spiro atoms. The Kier molecular flexibility index (Phi) is 4.10. The van der Waals surface area contributed by atoms with Gasteiger partial charge in [-0.1, -0.05) is 6.92 Å². The summed E-state index contributed by atoms with van der Waals surface area (Å²) in [5.74, 6) is -1.26. The zero-order valence-electron chi connectivity index (χ0n) is 10.8. The average molecular weight is 297 g/mol. The molecule has 0 aromatic carbocycles. The average Bonchev–Trinajstić information content (AvgIpc) is 2.46. The summed E-state index contributed by atoms with van der Waals surface area (Å²) < 4.78 is 37.1. The fourth-order valence-electron chi connectivity index (χ4n) is 1.40. The van der Waals surface area contributed by atoms with Crippen LogP contribution in [0.2, 0.25) is 0 Å². The summed E-state index contributed by atoms with van der Waals surface area (Å²) >= 11 is 0. The number of carbonyl (C=O) groups is 1. The molecule has 6 nitrogen and oxygen atoms in total. The van der Waals surface area contributed by atoms with Gasteiger partial charge in [-0.2, -0.15) is 13.2 Å². The molecule has 0 saturated heterocycles. The standard InChI is InChI=1S/C12H10F3N5O/c1-2-10(21)20-9-6-16-5-8(19-9)7-3-17-11(18-4-7)12(13,14)15/h3-6H,2H2,1H3,(H,19,20,21). The first-order chi connectivity index (χ1) is 9.90. The number of carbonyl (C=O) groups excluding carboxylic acids is 1. The number of nitrogens with zero attached hydrogens (tertiary/aromatic N) is 4. The minimum Gasteiger partial charge on any atom is -0.309 e. The minimum atomic E-state index is -4.60.